The second kappa shape index (κ2) is 13.0. The Balaban J connectivity index is 1.72. The quantitative estimate of drug-likeness (QED) is 0.324. The van der Waals surface area contributed by atoms with Crippen molar-refractivity contribution in [3.8, 4) is 0 Å². The van der Waals surface area contributed by atoms with Crippen LogP contribution in [0.25, 0.3) is 0 Å². The van der Waals surface area contributed by atoms with Crippen molar-refractivity contribution in [3.63, 3.8) is 0 Å². The summed E-state index contributed by atoms with van der Waals surface area (Å²) >= 11 is 0. The third-order valence-electron chi connectivity index (χ3n) is 7.41. The molecule has 1 atom stereocenters. The molecular formula is C31H34F3N3O4S. The second-order valence-electron chi connectivity index (χ2n) is 10.5. The summed E-state index contributed by atoms with van der Waals surface area (Å²) in [5.41, 5.74) is 0.334. The first-order valence-corrected chi connectivity index (χ1v) is 15.2. The van der Waals surface area contributed by atoms with Crippen LogP contribution in [0, 0.1) is 6.92 Å². The van der Waals surface area contributed by atoms with Gasteiger partial charge in [0, 0.05) is 12.6 Å². The SMILES string of the molecule is Cc1ccc(CN(C(=O)CN(c2cccc(C(F)(F)F)c2)S(=O)(=O)c2ccccc2)[C@@H](C)C(=O)NC2CCCC2)cc1. The maximum atomic E-state index is 14.0. The minimum absolute atomic E-state index is 0.000181. The molecule has 11 heteroatoms. The number of sulfonamides is 1. The summed E-state index contributed by atoms with van der Waals surface area (Å²) in [6, 6.07) is 17.4. The lowest BCUT2D eigenvalue weighted by atomic mass is 10.1. The highest BCUT2D eigenvalue weighted by atomic mass is 32.2. The van der Waals surface area contributed by atoms with Crippen molar-refractivity contribution < 1.29 is 31.2 Å². The smallest absolute Gasteiger partial charge is 0.352 e. The molecule has 1 aliphatic carbocycles. The Bertz CT molecular complexity index is 1490. The van der Waals surface area contributed by atoms with Gasteiger partial charge >= 0.3 is 6.18 Å². The largest absolute Gasteiger partial charge is 0.416 e. The molecule has 7 nitrogen and oxygen atoms in total. The van der Waals surface area contributed by atoms with Gasteiger partial charge in [-0.05, 0) is 62.6 Å². The third kappa shape index (κ3) is 7.50. The first-order chi connectivity index (χ1) is 19.9. The van der Waals surface area contributed by atoms with E-state index >= 15 is 0 Å². The average Bonchev–Trinajstić information content (AvgIpc) is 3.48. The van der Waals surface area contributed by atoms with Crippen molar-refractivity contribution in [3.05, 3.63) is 95.6 Å². The van der Waals surface area contributed by atoms with E-state index in [-0.39, 0.29) is 29.1 Å². The van der Waals surface area contributed by atoms with Gasteiger partial charge in [-0.15, -0.1) is 0 Å². The van der Waals surface area contributed by atoms with Gasteiger partial charge in [-0.1, -0.05) is 66.9 Å². The lowest BCUT2D eigenvalue weighted by molar-refractivity contribution is -0.139. The molecule has 0 spiro atoms. The van der Waals surface area contributed by atoms with E-state index in [1.54, 1.807) is 13.0 Å². The standard InChI is InChI=1S/C31H34F3N3O4S/c1-22-15-17-24(18-16-22)20-36(23(2)30(39)35-26-10-6-7-11-26)29(38)21-37(42(40,41)28-13-4-3-5-14-28)27-12-8-9-25(19-27)31(32,33)34/h3-5,8-9,12-19,23,26H,6-7,10-11,20-21H2,1-2H3,(H,35,39)/t23-/m0/s1. The predicted molar refractivity (Wildman–Crippen MR) is 154 cm³/mol. The number of benzene rings is 3. The number of amides is 2. The van der Waals surface area contributed by atoms with Gasteiger partial charge in [-0.3, -0.25) is 13.9 Å². The zero-order valence-electron chi connectivity index (χ0n) is 23.5. The average molecular weight is 602 g/mol. The highest BCUT2D eigenvalue weighted by molar-refractivity contribution is 7.92. The summed E-state index contributed by atoms with van der Waals surface area (Å²) in [6.07, 6.45) is -1.07. The van der Waals surface area contributed by atoms with E-state index in [4.69, 9.17) is 0 Å². The molecule has 0 saturated heterocycles. The van der Waals surface area contributed by atoms with Crippen molar-refractivity contribution in [2.45, 2.75) is 69.2 Å². The first kappa shape index (κ1) is 31.1. The monoisotopic (exact) mass is 601 g/mol. The molecule has 1 N–H and O–H groups in total. The molecule has 2 amide bonds. The summed E-state index contributed by atoms with van der Waals surface area (Å²) in [4.78, 5) is 28.3. The minimum atomic E-state index is -4.73. The van der Waals surface area contributed by atoms with Gasteiger partial charge < -0.3 is 10.2 Å². The number of anilines is 1. The normalized spacial score (nSPS) is 14.8. The molecule has 42 heavy (non-hydrogen) atoms. The van der Waals surface area contributed by atoms with Crippen LogP contribution in [0.4, 0.5) is 18.9 Å². The zero-order chi connectivity index (χ0) is 30.5. The molecule has 1 fully saturated rings. The van der Waals surface area contributed by atoms with Crippen molar-refractivity contribution in [1.29, 1.82) is 0 Å². The highest BCUT2D eigenvalue weighted by Gasteiger charge is 2.35. The molecule has 4 rings (SSSR count). The van der Waals surface area contributed by atoms with Crippen LogP contribution in [0.1, 0.15) is 49.3 Å². The minimum Gasteiger partial charge on any atom is -0.352 e. The van der Waals surface area contributed by atoms with Crippen LogP contribution in [-0.4, -0.2) is 43.8 Å². The lowest BCUT2D eigenvalue weighted by Crippen LogP contribution is -2.52. The van der Waals surface area contributed by atoms with Crippen LogP contribution >= 0.6 is 0 Å². The summed E-state index contributed by atoms with van der Waals surface area (Å²) in [6.45, 7) is 2.66. The zero-order valence-corrected chi connectivity index (χ0v) is 24.3. The molecule has 0 aromatic heterocycles. The van der Waals surface area contributed by atoms with Gasteiger partial charge in [0.25, 0.3) is 10.0 Å². The molecule has 3 aromatic rings. The van der Waals surface area contributed by atoms with Gasteiger partial charge in [0.05, 0.1) is 16.1 Å². The fourth-order valence-electron chi connectivity index (χ4n) is 4.95. The number of alkyl halides is 3. The fraction of sp³-hybridized carbons (Fsp3) is 0.355. The molecule has 0 heterocycles. The number of carbonyl (C=O) groups excluding carboxylic acids is 2. The number of aryl methyl sites for hydroxylation is 1. The molecule has 224 valence electrons. The maximum Gasteiger partial charge on any atom is 0.416 e. The van der Waals surface area contributed by atoms with E-state index in [2.05, 4.69) is 5.32 Å². The molecule has 1 aliphatic rings. The van der Waals surface area contributed by atoms with Gasteiger partial charge in [0.1, 0.15) is 12.6 Å². The van der Waals surface area contributed by atoms with Gasteiger partial charge in [-0.2, -0.15) is 13.2 Å². The van der Waals surface area contributed by atoms with E-state index in [1.165, 1.54) is 35.2 Å². The van der Waals surface area contributed by atoms with Crippen molar-refractivity contribution in [2.75, 3.05) is 10.8 Å². The van der Waals surface area contributed by atoms with Crippen LogP contribution < -0.4 is 9.62 Å². The Hall–Kier alpha value is -3.86. The molecule has 0 unspecified atom stereocenters. The predicted octanol–water partition coefficient (Wildman–Crippen LogP) is 5.69. The van der Waals surface area contributed by atoms with E-state index in [9.17, 15) is 31.2 Å². The van der Waals surface area contributed by atoms with E-state index in [0.717, 1.165) is 43.4 Å². The number of nitrogens with one attached hydrogen (secondary N) is 1. The molecule has 1 saturated carbocycles. The molecular weight excluding hydrogens is 567 g/mol. The summed E-state index contributed by atoms with van der Waals surface area (Å²) in [5.74, 6) is -1.11. The van der Waals surface area contributed by atoms with E-state index in [0.29, 0.717) is 15.9 Å². The van der Waals surface area contributed by atoms with Crippen LogP contribution in [-0.2, 0) is 32.3 Å². The molecule has 3 aromatic carbocycles. The first-order valence-electron chi connectivity index (χ1n) is 13.8. The number of hydrogen-bond acceptors (Lipinski definition) is 4. The Morgan fingerprint density at radius 2 is 1.60 bits per heavy atom. The van der Waals surface area contributed by atoms with Crippen LogP contribution in [0.3, 0.4) is 0 Å². The molecule has 0 bridgehead atoms. The van der Waals surface area contributed by atoms with Crippen molar-refractivity contribution in [2.24, 2.45) is 0 Å². The maximum absolute atomic E-state index is 14.0. The topological polar surface area (TPSA) is 86.8 Å². The Morgan fingerprint density at radius 1 is 0.952 bits per heavy atom. The number of carbonyl (C=O) groups is 2. The van der Waals surface area contributed by atoms with E-state index in [1.807, 2.05) is 31.2 Å². The number of halogens is 3. The summed E-state index contributed by atoms with van der Waals surface area (Å²) in [5, 5.41) is 2.98. The Morgan fingerprint density at radius 3 is 2.21 bits per heavy atom. The van der Waals surface area contributed by atoms with Gasteiger partial charge in [-0.25, -0.2) is 8.42 Å². The summed E-state index contributed by atoms with van der Waals surface area (Å²) < 4.78 is 69.0. The fourth-order valence-corrected chi connectivity index (χ4v) is 6.38. The van der Waals surface area contributed by atoms with Gasteiger partial charge in [0.15, 0.2) is 0 Å². The molecule has 0 aliphatic heterocycles. The van der Waals surface area contributed by atoms with Crippen molar-refractivity contribution >= 4 is 27.5 Å². The number of rotatable bonds is 10. The van der Waals surface area contributed by atoms with Gasteiger partial charge in [0.2, 0.25) is 11.8 Å². The Kier molecular flexibility index (Phi) is 9.60. The number of hydrogen-bond donors (Lipinski definition) is 1. The third-order valence-corrected chi connectivity index (χ3v) is 9.20. The Labute approximate surface area is 244 Å². The van der Waals surface area contributed by atoms with Crippen LogP contribution in [0.15, 0.2) is 83.8 Å². The second-order valence-corrected chi connectivity index (χ2v) is 12.4. The number of nitrogens with zero attached hydrogens (tertiary/aromatic N) is 2. The van der Waals surface area contributed by atoms with E-state index < -0.39 is 40.3 Å². The van der Waals surface area contributed by atoms with Crippen molar-refractivity contribution in [1.82, 2.24) is 10.2 Å². The highest BCUT2D eigenvalue weighted by Crippen LogP contribution is 2.33. The molecule has 0 radical (unpaired) electrons. The van der Waals surface area contributed by atoms with Crippen LogP contribution in [0.5, 0.6) is 0 Å². The van der Waals surface area contributed by atoms with Crippen LogP contribution in [0.2, 0.25) is 0 Å². The summed E-state index contributed by atoms with van der Waals surface area (Å²) in [7, 11) is -4.47. The lowest BCUT2D eigenvalue weighted by Gasteiger charge is -2.32.